The molecule has 3 unspecified atom stereocenters. The Kier molecular flexibility index (Phi) is 5.81. The first-order chi connectivity index (χ1) is 11.4. The fourth-order valence-electron chi connectivity index (χ4n) is 2.31. The maximum absolute atomic E-state index is 14.4. The molecule has 0 saturated heterocycles. The lowest BCUT2D eigenvalue weighted by Crippen LogP contribution is -2.23. The lowest BCUT2D eigenvalue weighted by Gasteiger charge is -2.21. The van der Waals surface area contributed by atoms with Crippen molar-refractivity contribution >= 4 is 5.91 Å². The van der Waals surface area contributed by atoms with Crippen LogP contribution in [0.1, 0.15) is 42.2 Å². The van der Waals surface area contributed by atoms with E-state index in [0.29, 0.717) is 11.3 Å². The number of aromatic nitrogens is 2. The van der Waals surface area contributed by atoms with E-state index in [0.717, 1.165) is 0 Å². The van der Waals surface area contributed by atoms with E-state index in [2.05, 4.69) is 9.97 Å². The zero-order valence-corrected chi connectivity index (χ0v) is 13.6. The summed E-state index contributed by atoms with van der Waals surface area (Å²) in [7, 11) is 0. The van der Waals surface area contributed by atoms with Crippen LogP contribution in [0.5, 0.6) is 11.6 Å². The van der Waals surface area contributed by atoms with Crippen molar-refractivity contribution in [1.82, 2.24) is 9.97 Å². The largest absolute Gasteiger partial charge is 0.437 e. The zero-order chi connectivity index (χ0) is 17.7. The predicted octanol–water partition coefficient (Wildman–Crippen LogP) is 2.55. The Bertz CT molecular complexity index is 691. The molecule has 0 aliphatic rings. The quantitative estimate of drug-likeness (QED) is 0.811. The number of carbonyl (C=O) groups is 1. The standard InChI is InChI=1S/C17H21FN4O2/c1-10(19)7-13(18)11(2)12-5-3-4-6-15(12)24-16-9-21-14(8-22-16)17(20)23/h3-6,8-11,13H,7,19H2,1-2H3,(H2,20,23). The van der Waals surface area contributed by atoms with Crippen molar-refractivity contribution in [3.05, 3.63) is 47.9 Å². The Morgan fingerprint density at radius 2 is 1.96 bits per heavy atom. The van der Waals surface area contributed by atoms with Gasteiger partial charge in [-0.3, -0.25) is 4.79 Å². The Morgan fingerprint density at radius 3 is 2.54 bits per heavy atom. The average Bonchev–Trinajstić information content (AvgIpc) is 2.54. The second-order valence-electron chi connectivity index (χ2n) is 5.76. The molecule has 0 spiro atoms. The van der Waals surface area contributed by atoms with Crippen LogP contribution in [0, 0.1) is 0 Å². The van der Waals surface area contributed by atoms with E-state index in [1.165, 1.54) is 12.4 Å². The molecule has 4 N–H and O–H groups in total. The number of nitrogens with zero attached hydrogens (tertiary/aromatic N) is 2. The van der Waals surface area contributed by atoms with Crippen molar-refractivity contribution in [2.75, 3.05) is 0 Å². The van der Waals surface area contributed by atoms with Crippen molar-refractivity contribution in [1.29, 1.82) is 0 Å². The van der Waals surface area contributed by atoms with Gasteiger partial charge >= 0.3 is 0 Å². The van der Waals surface area contributed by atoms with Gasteiger partial charge in [0.25, 0.3) is 5.91 Å². The molecule has 1 aromatic heterocycles. The third kappa shape index (κ3) is 4.48. The molecular weight excluding hydrogens is 311 g/mol. The number of para-hydroxylation sites is 1. The van der Waals surface area contributed by atoms with E-state index in [4.69, 9.17) is 16.2 Å². The van der Waals surface area contributed by atoms with Crippen molar-refractivity contribution in [2.45, 2.75) is 38.4 Å². The minimum Gasteiger partial charge on any atom is -0.437 e. The van der Waals surface area contributed by atoms with Crippen LogP contribution in [0.15, 0.2) is 36.7 Å². The van der Waals surface area contributed by atoms with Crippen molar-refractivity contribution in [3.8, 4) is 11.6 Å². The highest BCUT2D eigenvalue weighted by Crippen LogP contribution is 2.33. The van der Waals surface area contributed by atoms with Crippen LogP contribution in [0.2, 0.25) is 0 Å². The molecule has 0 fully saturated rings. The van der Waals surface area contributed by atoms with Crippen molar-refractivity contribution < 1.29 is 13.9 Å². The monoisotopic (exact) mass is 332 g/mol. The Labute approximate surface area is 140 Å². The van der Waals surface area contributed by atoms with E-state index in [1.807, 2.05) is 6.07 Å². The summed E-state index contributed by atoms with van der Waals surface area (Å²) in [6, 6.07) is 6.92. The Morgan fingerprint density at radius 1 is 1.25 bits per heavy atom. The van der Waals surface area contributed by atoms with Gasteiger partial charge in [-0.2, -0.15) is 0 Å². The van der Waals surface area contributed by atoms with Crippen molar-refractivity contribution in [3.63, 3.8) is 0 Å². The summed E-state index contributed by atoms with van der Waals surface area (Å²) in [6.07, 6.45) is 1.72. The number of alkyl halides is 1. The van der Waals surface area contributed by atoms with Gasteiger partial charge in [0, 0.05) is 17.5 Å². The molecule has 0 aliphatic heterocycles. The molecule has 3 atom stereocenters. The summed E-state index contributed by atoms with van der Waals surface area (Å²) in [6.45, 7) is 3.56. The number of primary amides is 1. The van der Waals surface area contributed by atoms with E-state index < -0.39 is 12.1 Å². The summed E-state index contributed by atoms with van der Waals surface area (Å²) in [5.41, 5.74) is 11.6. The highest BCUT2D eigenvalue weighted by Gasteiger charge is 2.22. The molecule has 24 heavy (non-hydrogen) atoms. The lowest BCUT2D eigenvalue weighted by atomic mass is 9.92. The summed E-state index contributed by atoms with van der Waals surface area (Å²) in [4.78, 5) is 18.9. The molecule has 0 bridgehead atoms. The van der Waals surface area contributed by atoms with E-state index >= 15 is 0 Å². The molecule has 2 aromatic rings. The first-order valence-corrected chi connectivity index (χ1v) is 7.66. The maximum Gasteiger partial charge on any atom is 0.268 e. The van der Waals surface area contributed by atoms with Crippen LogP contribution in [0.3, 0.4) is 0 Å². The number of benzene rings is 1. The molecule has 2 rings (SSSR count). The third-order valence-electron chi connectivity index (χ3n) is 3.64. The van der Waals surface area contributed by atoms with E-state index in [1.54, 1.807) is 32.0 Å². The van der Waals surface area contributed by atoms with Crippen LogP contribution in [0.4, 0.5) is 4.39 Å². The van der Waals surface area contributed by atoms with Crippen molar-refractivity contribution in [2.24, 2.45) is 11.5 Å². The van der Waals surface area contributed by atoms with Crippen LogP contribution < -0.4 is 16.2 Å². The maximum atomic E-state index is 14.4. The molecule has 0 aliphatic carbocycles. The second kappa shape index (κ2) is 7.83. The number of amides is 1. The smallest absolute Gasteiger partial charge is 0.268 e. The first kappa shape index (κ1) is 17.8. The second-order valence-corrected chi connectivity index (χ2v) is 5.76. The predicted molar refractivity (Wildman–Crippen MR) is 88.6 cm³/mol. The Balaban J connectivity index is 2.20. The molecular formula is C17H21FN4O2. The number of ether oxygens (including phenoxy) is 1. The van der Waals surface area contributed by atoms with Crippen LogP contribution in [-0.2, 0) is 0 Å². The minimum absolute atomic E-state index is 0.0461. The third-order valence-corrected chi connectivity index (χ3v) is 3.64. The number of rotatable bonds is 7. The highest BCUT2D eigenvalue weighted by molar-refractivity contribution is 5.90. The highest BCUT2D eigenvalue weighted by atomic mass is 19.1. The van der Waals surface area contributed by atoms with Gasteiger partial charge in [-0.25, -0.2) is 14.4 Å². The van der Waals surface area contributed by atoms with Gasteiger partial charge in [-0.15, -0.1) is 0 Å². The van der Waals surface area contributed by atoms with Gasteiger partial charge in [-0.05, 0) is 19.4 Å². The zero-order valence-electron chi connectivity index (χ0n) is 13.6. The van der Waals surface area contributed by atoms with Gasteiger partial charge in [0.1, 0.15) is 17.6 Å². The first-order valence-electron chi connectivity index (χ1n) is 7.66. The number of carbonyl (C=O) groups excluding carboxylic acids is 1. The van der Waals surface area contributed by atoms with E-state index in [-0.39, 0.29) is 30.0 Å². The molecule has 7 heteroatoms. The average molecular weight is 332 g/mol. The van der Waals surface area contributed by atoms with Gasteiger partial charge in [0.05, 0.1) is 12.4 Å². The molecule has 1 heterocycles. The SMILES string of the molecule is CC(N)CC(F)C(C)c1ccccc1Oc1cnc(C(N)=O)cn1. The molecule has 1 amide bonds. The molecule has 0 saturated carbocycles. The van der Waals surface area contributed by atoms with E-state index in [9.17, 15) is 9.18 Å². The van der Waals surface area contributed by atoms with Crippen LogP contribution in [-0.4, -0.2) is 28.1 Å². The summed E-state index contributed by atoms with van der Waals surface area (Å²) >= 11 is 0. The Hall–Kier alpha value is -2.54. The number of halogens is 1. The molecule has 128 valence electrons. The summed E-state index contributed by atoms with van der Waals surface area (Å²) < 4.78 is 20.1. The topological polar surface area (TPSA) is 104 Å². The summed E-state index contributed by atoms with van der Waals surface area (Å²) in [5.74, 6) is -0.370. The minimum atomic E-state index is -1.09. The number of hydrogen-bond acceptors (Lipinski definition) is 5. The molecule has 0 radical (unpaired) electrons. The van der Waals surface area contributed by atoms with Gasteiger partial charge in [0.15, 0.2) is 0 Å². The van der Waals surface area contributed by atoms with Gasteiger partial charge < -0.3 is 16.2 Å². The fraction of sp³-hybridized carbons (Fsp3) is 0.353. The fourth-order valence-corrected chi connectivity index (χ4v) is 2.31. The summed E-state index contributed by atoms with van der Waals surface area (Å²) in [5, 5.41) is 0. The van der Waals surface area contributed by atoms with Gasteiger partial charge in [-0.1, -0.05) is 25.1 Å². The van der Waals surface area contributed by atoms with Crippen LogP contribution in [0.25, 0.3) is 0 Å². The molecule has 1 aromatic carbocycles. The normalized spacial score (nSPS) is 14.7. The molecule has 6 nitrogen and oxygen atoms in total. The number of nitrogens with two attached hydrogens (primary N) is 2. The van der Waals surface area contributed by atoms with Crippen LogP contribution >= 0.6 is 0 Å². The number of hydrogen-bond donors (Lipinski definition) is 2. The lowest BCUT2D eigenvalue weighted by molar-refractivity contribution is 0.0995. The van der Waals surface area contributed by atoms with Gasteiger partial charge in [0.2, 0.25) is 5.88 Å².